The van der Waals surface area contributed by atoms with Gasteiger partial charge in [-0.05, 0) is 19.8 Å². The van der Waals surface area contributed by atoms with E-state index in [0.29, 0.717) is 28.7 Å². The number of piperidine rings is 1. The van der Waals surface area contributed by atoms with Crippen LogP contribution in [-0.4, -0.2) is 23.3 Å². The Kier molecular flexibility index (Phi) is 2.91. The van der Waals surface area contributed by atoms with Crippen LogP contribution in [0.2, 0.25) is 0 Å². The molecule has 5 nitrogen and oxygen atoms in total. The zero-order valence-electron chi connectivity index (χ0n) is 9.02. The average molecular weight is 239 g/mol. The molecule has 2 amide bonds. The lowest BCUT2D eigenvalue weighted by atomic mass is 10.1. The summed E-state index contributed by atoms with van der Waals surface area (Å²) < 4.78 is 0. The second-order valence-corrected chi connectivity index (χ2v) is 4.76. The lowest BCUT2D eigenvalue weighted by molar-refractivity contribution is -0.119. The second-order valence-electron chi connectivity index (χ2n) is 3.78. The van der Waals surface area contributed by atoms with Crippen molar-refractivity contribution in [1.82, 2.24) is 4.98 Å². The minimum atomic E-state index is -0.481. The molecule has 0 unspecified atom stereocenters. The molecule has 0 atom stereocenters. The van der Waals surface area contributed by atoms with Crippen molar-refractivity contribution in [3.05, 3.63) is 10.6 Å². The van der Waals surface area contributed by atoms with Crippen LogP contribution in [0.15, 0.2) is 0 Å². The number of amides is 2. The predicted octanol–water partition coefficient (Wildman–Crippen LogP) is 1.07. The number of carbonyl (C=O) groups is 2. The van der Waals surface area contributed by atoms with Gasteiger partial charge in [0.2, 0.25) is 5.91 Å². The summed E-state index contributed by atoms with van der Waals surface area (Å²) in [5.74, 6) is -0.401. The number of anilines is 1. The van der Waals surface area contributed by atoms with E-state index in [0.717, 1.165) is 12.8 Å². The molecule has 6 heteroatoms. The molecule has 86 valence electrons. The van der Waals surface area contributed by atoms with E-state index >= 15 is 0 Å². The molecule has 1 fully saturated rings. The largest absolute Gasteiger partial charge is 0.365 e. The summed E-state index contributed by atoms with van der Waals surface area (Å²) in [6.45, 7) is 2.42. The summed E-state index contributed by atoms with van der Waals surface area (Å²) in [4.78, 5) is 29.1. The van der Waals surface area contributed by atoms with Gasteiger partial charge in [-0.3, -0.25) is 14.5 Å². The third-order valence-electron chi connectivity index (χ3n) is 2.56. The fraction of sp³-hybridized carbons (Fsp3) is 0.500. The van der Waals surface area contributed by atoms with E-state index in [1.807, 2.05) is 0 Å². The van der Waals surface area contributed by atoms with Crippen LogP contribution in [0.3, 0.4) is 0 Å². The van der Waals surface area contributed by atoms with Crippen molar-refractivity contribution < 1.29 is 9.59 Å². The molecule has 0 saturated carbocycles. The number of nitrogens with zero attached hydrogens (tertiary/aromatic N) is 2. The molecule has 2 N–H and O–H groups in total. The molecule has 1 saturated heterocycles. The predicted molar refractivity (Wildman–Crippen MR) is 61.6 cm³/mol. The van der Waals surface area contributed by atoms with Gasteiger partial charge in [-0.25, -0.2) is 4.98 Å². The highest BCUT2D eigenvalue weighted by atomic mass is 32.1. The minimum absolute atomic E-state index is 0.0796. The number of hydrogen-bond donors (Lipinski definition) is 1. The smallest absolute Gasteiger partial charge is 0.260 e. The number of aryl methyl sites for hydroxylation is 1. The molecule has 1 aromatic rings. The van der Waals surface area contributed by atoms with Crippen LogP contribution < -0.4 is 10.6 Å². The SMILES string of the molecule is Cc1nc(N2CCCCC2=O)sc1C(N)=O. The van der Waals surface area contributed by atoms with E-state index in [1.165, 1.54) is 11.3 Å². The van der Waals surface area contributed by atoms with Gasteiger partial charge in [-0.15, -0.1) is 0 Å². The fourth-order valence-electron chi connectivity index (χ4n) is 1.73. The van der Waals surface area contributed by atoms with Crippen LogP contribution in [0, 0.1) is 6.92 Å². The van der Waals surface area contributed by atoms with Gasteiger partial charge in [0.15, 0.2) is 5.13 Å². The molecule has 1 aromatic heterocycles. The van der Waals surface area contributed by atoms with E-state index in [2.05, 4.69) is 4.98 Å². The van der Waals surface area contributed by atoms with Crippen LogP contribution in [0.4, 0.5) is 5.13 Å². The fourth-order valence-corrected chi connectivity index (χ4v) is 2.70. The molecule has 1 aliphatic rings. The van der Waals surface area contributed by atoms with Crippen LogP contribution >= 0.6 is 11.3 Å². The van der Waals surface area contributed by atoms with E-state index < -0.39 is 5.91 Å². The summed E-state index contributed by atoms with van der Waals surface area (Å²) in [6, 6.07) is 0. The van der Waals surface area contributed by atoms with Crippen molar-refractivity contribution in [1.29, 1.82) is 0 Å². The van der Waals surface area contributed by atoms with Crippen molar-refractivity contribution >= 4 is 28.3 Å². The summed E-state index contributed by atoms with van der Waals surface area (Å²) in [7, 11) is 0. The topological polar surface area (TPSA) is 76.3 Å². The van der Waals surface area contributed by atoms with Crippen molar-refractivity contribution in [2.75, 3.05) is 11.4 Å². The minimum Gasteiger partial charge on any atom is -0.365 e. The van der Waals surface area contributed by atoms with Crippen molar-refractivity contribution in [3.63, 3.8) is 0 Å². The van der Waals surface area contributed by atoms with Crippen molar-refractivity contribution in [2.45, 2.75) is 26.2 Å². The summed E-state index contributed by atoms with van der Waals surface area (Å²) in [6.07, 6.45) is 2.48. The van der Waals surface area contributed by atoms with Gasteiger partial charge in [-0.2, -0.15) is 0 Å². The molecule has 1 aliphatic heterocycles. The maximum atomic E-state index is 11.7. The highest BCUT2D eigenvalue weighted by molar-refractivity contribution is 7.17. The zero-order chi connectivity index (χ0) is 11.7. The Morgan fingerprint density at radius 1 is 1.50 bits per heavy atom. The van der Waals surface area contributed by atoms with Crippen molar-refractivity contribution in [2.24, 2.45) is 5.73 Å². The number of thiazole rings is 1. The first-order valence-electron chi connectivity index (χ1n) is 5.17. The molecular formula is C10H13N3O2S. The zero-order valence-corrected chi connectivity index (χ0v) is 9.84. The van der Waals surface area contributed by atoms with Gasteiger partial charge < -0.3 is 5.73 Å². The van der Waals surface area contributed by atoms with Crippen LogP contribution in [0.25, 0.3) is 0 Å². The van der Waals surface area contributed by atoms with Crippen LogP contribution in [-0.2, 0) is 4.79 Å². The number of carbonyl (C=O) groups excluding carboxylic acids is 2. The standard InChI is InChI=1S/C10H13N3O2S/c1-6-8(9(11)15)16-10(12-6)13-5-3-2-4-7(13)14/h2-5H2,1H3,(H2,11,15). The second kappa shape index (κ2) is 4.21. The van der Waals surface area contributed by atoms with Gasteiger partial charge in [-0.1, -0.05) is 11.3 Å². The number of aromatic nitrogens is 1. The van der Waals surface area contributed by atoms with Gasteiger partial charge in [0, 0.05) is 13.0 Å². The maximum Gasteiger partial charge on any atom is 0.260 e. The van der Waals surface area contributed by atoms with E-state index in [9.17, 15) is 9.59 Å². The Morgan fingerprint density at radius 3 is 2.81 bits per heavy atom. The van der Waals surface area contributed by atoms with E-state index in [-0.39, 0.29) is 5.91 Å². The number of hydrogen-bond acceptors (Lipinski definition) is 4. The highest BCUT2D eigenvalue weighted by Crippen LogP contribution is 2.28. The summed E-state index contributed by atoms with van der Waals surface area (Å²) >= 11 is 1.20. The van der Waals surface area contributed by atoms with E-state index in [4.69, 9.17) is 5.73 Å². The Morgan fingerprint density at radius 2 is 2.25 bits per heavy atom. The molecular weight excluding hydrogens is 226 g/mol. The van der Waals surface area contributed by atoms with Crippen molar-refractivity contribution in [3.8, 4) is 0 Å². The van der Waals surface area contributed by atoms with Gasteiger partial charge in [0.05, 0.1) is 5.69 Å². The molecule has 0 radical (unpaired) electrons. The summed E-state index contributed by atoms with van der Waals surface area (Å²) in [5.41, 5.74) is 5.82. The first-order chi connectivity index (χ1) is 7.59. The molecule has 16 heavy (non-hydrogen) atoms. The molecule has 0 spiro atoms. The molecule has 0 aromatic carbocycles. The maximum absolute atomic E-state index is 11.7. The van der Waals surface area contributed by atoms with Crippen LogP contribution in [0.5, 0.6) is 0 Å². The Balaban J connectivity index is 2.29. The number of nitrogens with two attached hydrogens (primary N) is 1. The van der Waals surface area contributed by atoms with Gasteiger partial charge in [0.25, 0.3) is 5.91 Å². The number of rotatable bonds is 2. The Hall–Kier alpha value is -1.43. The van der Waals surface area contributed by atoms with Gasteiger partial charge >= 0.3 is 0 Å². The number of primary amides is 1. The normalized spacial score (nSPS) is 16.6. The average Bonchev–Trinajstić information content (AvgIpc) is 2.61. The highest BCUT2D eigenvalue weighted by Gasteiger charge is 2.24. The van der Waals surface area contributed by atoms with Crippen LogP contribution in [0.1, 0.15) is 34.6 Å². The Bertz CT molecular complexity index is 441. The Labute approximate surface area is 97.3 Å². The molecule has 0 bridgehead atoms. The lowest BCUT2D eigenvalue weighted by Gasteiger charge is -2.23. The van der Waals surface area contributed by atoms with Gasteiger partial charge in [0.1, 0.15) is 4.88 Å². The molecule has 2 heterocycles. The third kappa shape index (κ3) is 1.92. The van der Waals surface area contributed by atoms with E-state index in [1.54, 1.807) is 11.8 Å². The quantitative estimate of drug-likeness (QED) is 0.838. The molecule has 2 rings (SSSR count). The lowest BCUT2D eigenvalue weighted by Crippen LogP contribution is -2.35. The first-order valence-corrected chi connectivity index (χ1v) is 5.99. The molecule has 0 aliphatic carbocycles. The monoisotopic (exact) mass is 239 g/mol. The first kappa shape index (κ1) is 11.1. The third-order valence-corrected chi connectivity index (χ3v) is 3.76. The summed E-state index contributed by atoms with van der Waals surface area (Å²) in [5, 5.41) is 0.594.